The first-order chi connectivity index (χ1) is 20.7. The zero-order valence-electron chi connectivity index (χ0n) is 24.6. The van der Waals surface area contributed by atoms with Crippen molar-refractivity contribution in [3.63, 3.8) is 0 Å². The Morgan fingerprint density at radius 3 is 2.52 bits per heavy atom. The number of hydrogen-bond donors (Lipinski definition) is 3. The monoisotopic (exact) mass is 631 g/mol. The Morgan fingerprint density at radius 2 is 1.89 bits per heavy atom. The van der Waals surface area contributed by atoms with E-state index in [1.165, 1.54) is 12.3 Å². The molecule has 1 saturated heterocycles. The van der Waals surface area contributed by atoms with E-state index in [-0.39, 0.29) is 42.7 Å². The number of carbonyl (C=O) groups excluding carboxylic acids is 2. The first-order valence-electron chi connectivity index (χ1n) is 13.9. The minimum Gasteiger partial charge on any atom is -0.483 e. The van der Waals surface area contributed by atoms with E-state index in [9.17, 15) is 22.6 Å². The average Bonchev–Trinajstić information content (AvgIpc) is 3.62. The number of nitrogens with two attached hydrogens (primary N) is 1. The van der Waals surface area contributed by atoms with Gasteiger partial charge in [0.1, 0.15) is 5.82 Å². The second-order valence-corrected chi connectivity index (χ2v) is 13.3. The number of alkyl halides is 2. The van der Waals surface area contributed by atoms with Gasteiger partial charge in [-0.1, -0.05) is 6.07 Å². The fourth-order valence-electron chi connectivity index (χ4n) is 4.88. The number of nitrogens with one attached hydrogen (secondary N) is 1. The number of halogens is 2. The molecule has 2 aromatic heterocycles. The third kappa shape index (κ3) is 7.45. The van der Waals surface area contributed by atoms with E-state index >= 15 is 0 Å². The summed E-state index contributed by atoms with van der Waals surface area (Å²) in [5, 5.41) is 14.0. The largest absolute Gasteiger partial charge is 0.483 e. The second kappa shape index (κ2) is 12.8. The number of aromatic nitrogens is 3. The summed E-state index contributed by atoms with van der Waals surface area (Å²) in [5.41, 5.74) is 7.52. The van der Waals surface area contributed by atoms with Crippen LogP contribution in [0.3, 0.4) is 0 Å². The van der Waals surface area contributed by atoms with E-state index in [0.29, 0.717) is 42.0 Å². The summed E-state index contributed by atoms with van der Waals surface area (Å²) >= 11 is 0. The summed E-state index contributed by atoms with van der Waals surface area (Å²) in [6.07, 6.45) is 7.17. The fourth-order valence-corrected chi connectivity index (χ4v) is 6.16. The minimum absolute atomic E-state index is 0.0531. The molecule has 0 bridgehead atoms. The van der Waals surface area contributed by atoms with Crippen LogP contribution in [0.1, 0.15) is 48.0 Å². The molecule has 1 aliphatic heterocycles. The van der Waals surface area contributed by atoms with Crippen LogP contribution >= 0.6 is 0 Å². The predicted molar refractivity (Wildman–Crippen MR) is 161 cm³/mol. The minimum atomic E-state index is -3.12. The first-order valence-corrected chi connectivity index (χ1v) is 15.8. The van der Waals surface area contributed by atoms with Gasteiger partial charge in [0.15, 0.2) is 0 Å². The van der Waals surface area contributed by atoms with Crippen molar-refractivity contribution in [2.75, 3.05) is 29.6 Å². The summed E-state index contributed by atoms with van der Waals surface area (Å²) in [4.78, 5) is 41.2. The molecule has 1 aliphatic carbocycles. The van der Waals surface area contributed by atoms with Gasteiger partial charge in [-0.05, 0) is 49.9 Å². The molecule has 1 atom stereocenters. The number of carbonyl (C=O) groups is 3. The summed E-state index contributed by atoms with van der Waals surface area (Å²) in [5.74, 6) is -3.55. The fraction of sp³-hybridized carbons (Fsp3) is 0.414. The highest BCUT2D eigenvalue weighted by Crippen LogP contribution is 2.36. The molecule has 3 heterocycles. The Kier molecular flexibility index (Phi) is 9.49. The van der Waals surface area contributed by atoms with Gasteiger partial charge in [0.05, 0.1) is 27.0 Å². The molecule has 1 saturated carbocycles. The topological polar surface area (TPSA) is 173 Å². The lowest BCUT2D eigenvalue weighted by Gasteiger charge is -2.26. The second-order valence-electron chi connectivity index (χ2n) is 11.0. The van der Waals surface area contributed by atoms with Gasteiger partial charge in [-0.2, -0.15) is 9.46 Å². The van der Waals surface area contributed by atoms with Crippen molar-refractivity contribution in [3.05, 3.63) is 54.0 Å². The molecule has 1 aromatic carbocycles. The van der Waals surface area contributed by atoms with Crippen molar-refractivity contribution >= 4 is 39.5 Å². The van der Waals surface area contributed by atoms with Crippen molar-refractivity contribution in [1.82, 2.24) is 14.8 Å². The van der Waals surface area contributed by atoms with E-state index in [4.69, 9.17) is 15.6 Å². The van der Waals surface area contributed by atoms with Gasteiger partial charge in [-0.15, -0.1) is 0 Å². The third-order valence-electron chi connectivity index (χ3n) is 7.58. The molecule has 3 aromatic rings. The average molecular weight is 632 g/mol. The Morgan fingerprint density at radius 1 is 1.18 bits per heavy atom. The maximum absolute atomic E-state index is 14.2. The number of anilines is 2. The van der Waals surface area contributed by atoms with Gasteiger partial charge in [-0.25, -0.2) is 18.0 Å². The van der Waals surface area contributed by atoms with Gasteiger partial charge in [0, 0.05) is 73.3 Å². The Bertz CT molecular complexity index is 1700. The number of nitrogens with zero attached hydrogens (tertiary/aromatic N) is 5. The van der Waals surface area contributed by atoms with Crippen LogP contribution in [0.4, 0.5) is 20.3 Å². The van der Waals surface area contributed by atoms with Crippen LogP contribution in [0.15, 0.2) is 52.1 Å². The van der Waals surface area contributed by atoms with Gasteiger partial charge >= 0.3 is 0 Å². The number of aryl methyl sites for hydroxylation is 1. The van der Waals surface area contributed by atoms with Crippen LogP contribution in [0.5, 0.6) is 0 Å². The molecule has 2 amide bonds. The number of pyridine rings is 1. The Balaban J connectivity index is 0.00000141. The molecular formula is C29H35F2N7O5S. The van der Waals surface area contributed by atoms with Crippen LogP contribution in [0.25, 0.3) is 11.1 Å². The van der Waals surface area contributed by atoms with Gasteiger partial charge in [0.2, 0.25) is 5.92 Å². The van der Waals surface area contributed by atoms with Crippen LogP contribution in [0.2, 0.25) is 0 Å². The zero-order chi connectivity index (χ0) is 32.3. The van der Waals surface area contributed by atoms with Crippen LogP contribution in [-0.2, 0) is 26.4 Å². The van der Waals surface area contributed by atoms with E-state index in [0.717, 1.165) is 5.56 Å². The number of benzene rings is 1. The quantitative estimate of drug-likeness (QED) is 0.342. The summed E-state index contributed by atoms with van der Waals surface area (Å²) in [6, 6.07) is 6.32. The van der Waals surface area contributed by atoms with E-state index in [1.54, 1.807) is 60.3 Å². The summed E-state index contributed by atoms with van der Waals surface area (Å²) in [7, 11) is -1.34. The van der Waals surface area contributed by atoms with Crippen molar-refractivity contribution < 1.29 is 32.5 Å². The highest BCUT2D eigenvalue weighted by Gasteiger charge is 2.46. The molecule has 2 aliphatic rings. The molecule has 15 heteroatoms. The first kappa shape index (κ1) is 32.7. The Labute approximate surface area is 253 Å². The van der Waals surface area contributed by atoms with Crippen molar-refractivity contribution in [2.24, 2.45) is 17.1 Å². The highest BCUT2D eigenvalue weighted by molar-refractivity contribution is 7.93. The van der Waals surface area contributed by atoms with E-state index in [2.05, 4.69) is 19.8 Å². The van der Waals surface area contributed by atoms with E-state index in [1.807, 2.05) is 0 Å². The standard InChI is InChI=1S/C28H33F2N7O3S.CH2O2/c1-18-22(19-15-33-36(2)17-19)16-32-24(37-12-5-8-28(29,30)11-13-37)23(18)25(38)34-20-6-4-7-21(14-20)41(3,40)35-26(39)27(31)9-10-27;2-1-3/h4,6-7,14-17H,5,8-13,31H2,1-3H3,(H,34,38);1H,(H,2,3). The number of amides is 2. The molecule has 0 spiro atoms. The number of rotatable bonds is 6. The zero-order valence-corrected chi connectivity index (χ0v) is 25.4. The third-order valence-corrected chi connectivity index (χ3v) is 9.22. The summed E-state index contributed by atoms with van der Waals surface area (Å²) in [6.45, 7) is 1.92. The molecule has 2 fully saturated rings. The summed E-state index contributed by atoms with van der Waals surface area (Å²) < 4.78 is 47.2. The lowest BCUT2D eigenvalue weighted by molar-refractivity contribution is -0.123. The maximum atomic E-state index is 14.2. The normalized spacial score (nSPS) is 18.1. The molecule has 5 rings (SSSR count). The van der Waals surface area contributed by atoms with Crippen molar-refractivity contribution in [2.45, 2.75) is 55.4 Å². The molecule has 4 N–H and O–H groups in total. The molecular weight excluding hydrogens is 596 g/mol. The van der Waals surface area contributed by atoms with Gasteiger partial charge in [-0.3, -0.25) is 19.1 Å². The number of hydrogen-bond acceptors (Lipinski definition) is 8. The van der Waals surface area contributed by atoms with Crippen molar-refractivity contribution in [1.29, 1.82) is 0 Å². The molecule has 12 nitrogen and oxygen atoms in total. The predicted octanol–water partition coefficient (Wildman–Crippen LogP) is 3.84. The van der Waals surface area contributed by atoms with Crippen LogP contribution in [-0.4, -0.2) is 73.2 Å². The lowest BCUT2D eigenvalue weighted by Crippen LogP contribution is -2.32. The van der Waals surface area contributed by atoms with Crippen LogP contribution < -0.4 is 16.0 Å². The van der Waals surface area contributed by atoms with E-state index < -0.39 is 33.0 Å². The van der Waals surface area contributed by atoms with Crippen LogP contribution in [0, 0.1) is 6.92 Å². The SMILES string of the molecule is Cc1c(-c2cnn(C)c2)cnc(N2CCCC(F)(F)CC2)c1C(=O)Nc1cccc(S(C)(=O)=NC(=O)C2(N)CC2)c1.O=CO. The smallest absolute Gasteiger partial charge is 0.290 e. The van der Waals surface area contributed by atoms with Crippen molar-refractivity contribution in [3.8, 4) is 11.1 Å². The molecule has 1 unspecified atom stereocenters. The van der Waals surface area contributed by atoms with Gasteiger partial charge < -0.3 is 21.1 Å². The molecule has 0 radical (unpaired) electrons. The lowest BCUT2D eigenvalue weighted by atomic mass is 9.99. The number of carboxylic acid groups (broad SMARTS) is 1. The Hall–Kier alpha value is -4.24. The highest BCUT2D eigenvalue weighted by atomic mass is 32.2. The molecule has 44 heavy (non-hydrogen) atoms. The van der Waals surface area contributed by atoms with Gasteiger partial charge in [0.25, 0.3) is 18.3 Å². The molecule has 236 valence electrons. The maximum Gasteiger partial charge on any atom is 0.290 e.